The molecule has 1 aromatic rings. The van der Waals surface area contributed by atoms with Gasteiger partial charge in [-0.3, -0.25) is 0 Å². The van der Waals surface area contributed by atoms with Gasteiger partial charge in [0.05, 0.1) is 7.11 Å². The van der Waals surface area contributed by atoms with Crippen LogP contribution in [0.4, 0.5) is 0 Å². The predicted octanol–water partition coefficient (Wildman–Crippen LogP) is 4.67. The third kappa shape index (κ3) is 4.47. The van der Waals surface area contributed by atoms with Crippen LogP contribution in [0.25, 0.3) is 0 Å². The second kappa shape index (κ2) is 7.84. The Labute approximate surface area is 130 Å². The molecule has 0 aromatic heterocycles. The van der Waals surface area contributed by atoms with Crippen LogP contribution >= 0.6 is 0 Å². The van der Waals surface area contributed by atoms with Gasteiger partial charge in [-0.15, -0.1) is 0 Å². The first-order valence-corrected chi connectivity index (χ1v) is 8.49. The van der Waals surface area contributed by atoms with Crippen LogP contribution in [0.1, 0.15) is 63.0 Å². The molecule has 0 heterocycles. The summed E-state index contributed by atoms with van der Waals surface area (Å²) in [5.74, 6) is 2.43. The van der Waals surface area contributed by atoms with E-state index in [9.17, 15) is 0 Å². The highest BCUT2D eigenvalue weighted by Gasteiger charge is 2.27. The zero-order chi connectivity index (χ0) is 15.2. The van der Waals surface area contributed by atoms with Crippen LogP contribution in [0.15, 0.2) is 18.2 Å². The lowest BCUT2D eigenvalue weighted by atomic mass is 9.81. The van der Waals surface area contributed by atoms with Crippen molar-refractivity contribution in [1.29, 1.82) is 0 Å². The molecule has 0 bridgehead atoms. The maximum absolute atomic E-state index is 5.65. The van der Waals surface area contributed by atoms with Crippen LogP contribution in [0.3, 0.4) is 0 Å². The zero-order valence-electron chi connectivity index (χ0n) is 14.1. The number of hydrogen-bond donors (Lipinski definition) is 1. The number of methoxy groups -OCH3 is 1. The maximum atomic E-state index is 5.65. The molecule has 0 radical (unpaired) electrons. The fourth-order valence-corrected chi connectivity index (χ4v) is 3.57. The molecule has 1 fully saturated rings. The fraction of sp³-hybridized carbons (Fsp3) is 0.684. The molecular formula is C19H31NO. The number of hydrogen-bond acceptors (Lipinski definition) is 2. The summed E-state index contributed by atoms with van der Waals surface area (Å²) in [6.45, 7) is 7.78. The van der Waals surface area contributed by atoms with Gasteiger partial charge in [-0.05, 0) is 49.8 Å². The van der Waals surface area contributed by atoms with E-state index >= 15 is 0 Å². The minimum atomic E-state index is 0.563. The summed E-state index contributed by atoms with van der Waals surface area (Å²) >= 11 is 0. The number of nitrogens with one attached hydrogen (secondary N) is 1. The average Bonchev–Trinajstić information content (AvgIpc) is 2.70. The molecule has 0 spiro atoms. The van der Waals surface area contributed by atoms with Crippen molar-refractivity contribution < 1.29 is 4.74 Å². The van der Waals surface area contributed by atoms with Crippen molar-refractivity contribution in [2.45, 2.75) is 64.8 Å². The van der Waals surface area contributed by atoms with Gasteiger partial charge >= 0.3 is 0 Å². The standard InChI is InChI=1S/C19H31NO/c1-14(2)20-13-16-8-6-5-7-9-17(16)18-12-15(3)10-11-19(18)21-4/h10-12,14,16-17,20H,5-9,13H2,1-4H3. The third-order valence-electron chi connectivity index (χ3n) is 4.73. The van der Waals surface area contributed by atoms with Gasteiger partial charge in [-0.2, -0.15) is 0 Å². The van der Waals surface area contributed by atoms with E-state index in [4.69, 9.17) is 4.74 Å². The minimum absolute atomic E-state index is 0.563. The van der Waals surface area contributed by atoms with E-state index in [1.807, 2.05) is 0 Å². The Balaban J connectivity index is 2.25. The summed E-state index contributed by atoms with van der Waals surface area (Å²) in [6, 6.07) is 7.20. The van der Waals surface area contributed by atoms with E-state index in [1.165, 1.54) is 43.2 Å². The van der Waals surface area contributed by atoms with Crippen molar-refractivity contribution in [3.63, 3.8) is 0 Å². The van der Waals surface area contributed by atoms with Gasteiger partial charge in [0.15, 0.2) is 0 Å². The SMILES string of the molecule is COc1ccc(C)cc1C1CCCCCC1CNC(C)C. The van der Waals surface area contributed by atoms with Crippen LogP contribution in [0.5, 0.6) is 5.75 Å². The Morgan fingerprint density at radius 3 is 2.67 bits per heavy atom. The van der Waals surface area contributed by atoms with Gasteiger partial charge in [0.1, 0.15) is 5.75 Å². The van der Waals surface area contributed by atoms with E-state index in [1.54, 1.807) is 7.11 Å². The van der Waals surface area contributed by atoms with Crippen LogP contribution in [0, 0.1) is 12.8 Å². The minimum Gasteiger partial charge on any atom is -0.496 e. The number of ether oxygens (including phenoxy) is 1. The summed E-state index contributed by atoms with van der Waals surface area (Å²) in [7, 11) is 1.80. The molecule has 0 saturated heterocycles. The molecular weight excluding hydrogens is 258 g/mol. The Bertz CT molecular complexity index is 441. The molecule has 2 unspecified atom stereocenters. The van der Waals surface area contributed by atoms with Gasteiger partial charge in [0, 0.05) is 6.04 Å². The molecule has 1 aliphatic rings. The lowest BCUT2D eigenvalue weighted by Crippen LogP contribution is -2.31. The summed E-state index contributed by atoms with van der Waals surface area (Å²) in [4.78, 5) is 0. The second-order valence-corrected chi connectivity index (χ2v) is 6.81. The van der Waals surface area contributed by atoms with E-state index < -0.39 is 0 Å². The molecule has 2 atom stereocenters. The monoisotopic (exact) mass is 289 g/mol. The van der Waals surface area contributed by atoms with Crippen molar-refractivity contribution in [2.24, 2.45) is 5.92 Å². The van der Waals surface area contributed by atoms with Gasteiger partial charge < -0.3 is 10.1 Å². The smallest absolute Gasteiger partial charge is 0.122 e. The molecule has 0 amide bonds. The van der Waals surface area contributed by atoms with Gasteiger partial charge in [-0.1, -0.05) is 50.8 Å². The zero-order valence-corrected chi connectivity index (χ0v) is 14.1. The van der Waals surface area contributed by atoms with Gasteiger partial charge in [0.2, 0.25) is 0 Å². The van der Waals surface area contributed by atoms with Gasteiger partial charge in [-0.25, -0.2) is 0 Å². The van der Waals surface area contributed by atoms with E-state index in [2.05, 4.69) is 44.3 Å². The van der Waals surface area contributed by atoms with Crippen LogP contribution in [-0.4, -0.2) is 19.7 Å². The van der Waals surface area contributed by atoms with E-state index in [0.717, 1.165) is 18.2 Å². The molecule has 21 heavy (non-hydrogen) atoms. The van der Waals surface area contributed by atoms with Crippen molar-refractivity contribution in [2.75, 3.05) is 13.7 Å². The Morgan fingerprint density at radius 2 is 1.95 bits per heavy atom. The highest BCUT2D eigenvalue weighted by atomic mass is 16.5. The molecule has 0 aliphatic heterocycles. The summed E-state index contributed by atoms with van der Waals surface area (Å²) in [5.41, 5.74) is 2.76. The highest BCUT2D eigenvalue weighted by Crippen LogP contribution is 2.40. The molecule has 1 aromatic carbocycles. The first-order valence-electron chi connectivity index (χ1n) is 8.49. The highest BCUT2D eigenvalue weighted by molar-refractivity contribution is 5.40. The molecule has 1 aliphatic carbocycles. The third-order valence-corrected chi connectivity index (χ3v) is 4.73. The Hall–Kier alpha value is -1.02. The quantitative estimate of drug-likeness (QED) is 0.796. The van der Waals surface area contributed by atoms with E-state index in [-0.39, 0.29) is 0 Å². The van der Waals surface area contributed by atoms with Crippen molar-refractivity contribution in [3.05, 3.63) is 29.3 Å². The molecule has 118 valence electrons. The predicted molar refractivity (Wildman–Crippen MR) is 90.2 cm³/mol. The average molecular weight is 289 g/mol. The second-order valence-electron chi connectivity index (χ2n) is 6.81. The maximum Gasteiger partial charge on any atom is 0.122 e. The lowest BCUT2D eigenvalue weighted by Gasteiger charge is -2.28. The first-order chi connectivity index (χ1) is 10.1. The molecule has 1 N–H and O–H groups in total. The Morgan fingerprint density at radius 1 is 1.19 bits per heavy atom. The summed E-state index contributed by atoms with van der Waals surface area (Å²) < 4.78 is 5.65. The van der Waals surface area contributed by atoms with Crippen molar-refractivity contribution in [3.8, 4) is 5.75 Å². The molecule has 2 heteroatoms. The fourth-order valence-electron chi connectivity index (χ4n) is 3.57. The van der Waals surface area contributed by atoms with E-state index in [0.29, 0.717) is 12.0 Å². The topological polar surface area (TPSA) is 21.3 Å². The first kappa shape index (κ1) is 16.4. The van der Waals surface area contributed by atoms with Crippen LogP contribution in [-0.2, 0) is 0 Å². The van der Waals surface area contributed by atoms with Crippen LogP contribution in [0.2, 0.25) is 0 Å². The number of benzene rings is 1. The number of aryl methyl sites for hydroxylation is 1. The van der Waals surface area contributed by atoms with Crippen LogP contribution < -0.4 is 10.1 Å². The van der Waals surface area contributed by atoms with Crippen molar-refractivity contribution in [1.82, 2.24) is 5.32 Å². The Kier molecular flexibility index (Phi) is 6.10. The molecule has 1 saturated carbocycles. The largest absolute Gasteiger partial charge is 0.496 e. The summed E-state index contributed by atoms with van der Waals surface area (Å²) in [6.07, 6.45) is 6.73. The number of rotatable bonds is 5. The lowest BCUT2D eigenvalue weighted by molar-refractivity contribution is 0.346. The molecule has 2 nitrogen and oxygen atoms in total. The summed E-state index contributed by atoms with van der Waals surface area (Å²) in [5, 5.41) is 3.65. The van der Waals surface area contributed by atoms with Crippen molar-refractivity contribution >= 4 is 0 Å². The van der Waals surface area contributed by atoms with Gasteiger partial charge in [0.25, 0.3) is 0 Å². The normalized spacial score (nSPS) is 23.1. The molecule has 2 rings (SSSR count).